The lowest BCUT2D eigenvalue weighted by molar-refractivity contribution is -0.0288. The van der Waals surface area contributed by atoms with E-state index >= 15 is 0 Å². The van der Waals surface area contributed by atoms with Crippen LogP contribution in [0.5, 0.6) is 0 Å². The van der Waals surface area contributed by atoms with E-state index in [9.17, 15) is 13.2 Å². The summed E-state index contributed by atoms with van der Waals surface area (Å²) in [6.45, 7) is 5.44. The normalized spacial score (nSPS) is 28.6. The smallest absolute Gasteiger partial charge is 0.289 e. The number of nitrogens with zero attached hydrogens (tertiary/aromatic N) is 1. The average molecular weight is 427 g/mol. The summed E-state index contributed by atoms with van der Waals surface area (Å²) in [5.74, 6) is 1.50. The predicted molar refractivity (Wildman–Crippen MR) is 111 cm³/mol. The number of amides is 1. The molecule has 7 nitrogen and oxygen atoms in total. The largest absolute Gasteiger partial charge is 0.459 e. The number of hydrogen-bond acceptors (Lipinski definition) is 5. The first-order valence-corrected chi connectivity index (χ1v) is 12.6. The van der Waals surface area contributed by atoms with E-state index in [0.29, 0.717) is 25.5 Å². The highest BCUT2D eigenvalue weighted by Crippen LogP contribution is 2.32. The Kier molecular flexibility index (Phi) is 7.40. The Labute approximate surface area is 174 Å². The van der Waals surface area contributed by atoms with Gasteiger partial charge in [-0.1, -0.05) is 13.8 Å². The molecule has 0 spiro atoms. The van der Waals surface area contributed by atoms with Crippen LogP contribution in [-0.4, -0.2) is 56.8 Å². The van der Waals surface area contributed by atoms with E-state index in [0.717, 1.165) is 44.3 Å². The van der Waals surface area contributed by atoms with Gasteiger partial charge in [-0.25, -0.2) is 13.1 Å². The van der Waals surface area contributed by atoms with E-state index in [2.05, 4.69) is 18.6 Å². The fourth-order valence-corrected chi connectivity index (χ4v) is 5.45. The number of nitrogens with one attached hydrogen (secondary N) is 1. The highest BCUT2D eigenvalue weighted by Gasteiger charge is 2.38. The molecule has 2 aliphatic rings. The maximum absolute atomic E-state index is 13.0. The van der Waals surface area contributed by atoms with Crippen molar-refractivity contribution in [2.45, 2.75) is 70.6 Å². The Morgan fingerprint density at radius 3 is 2.59 bits per heavy atom. The Hall–Kier alpha value is -1.38. The van der Waals surface area contributed by atoms with E-state index in [-0.39, 0.29) is 29.9 Å². The van der Waals surface area contributed by atoms with Crippen molar-refractivity contribution in [1.82, 2.24) is 9.62 Å². The van der Waals surface area contributed by atoms with Crippen LogP contribution in [0, 0.1) is 11.8 Å². The molecule has 1 aliphatic carbocycles. The molecule has 1 amide bonds. The molecule has 8 heteroatoms. The van der Waals surface area contributed by atoms with E-state index in [1.807, 2.05) is 0 Å². The number of furan rings is 1. The molecular formula is C21H34N2O5S. The molecule has 2 fully saturated rings. The van der Waals surface area contributed by atoms with E-state index in [1.54, 1.807) is 17.0 Å². The quantitative estimate of drug-likeness (QED) is 0.724. The zero-order valence-electron chi connectivity index (χ0n) is 17.7. The number of piperidine rings is 1. The van der Waals surface area contributed by atoms with Gasteiger partial charge in [-0.2, -0.15) is 0 Å². The maximum Gasteiger partial charge on any atom is 0.289 e. The number of hydrogen-bond donors (Lipinski definition) is 1. The lowest BCUT2D eigenvalue weighted by Gasteiger charge is -2.41. The first kappa shape index (κ1) is 22.3. The van der Waals surface area contributed by atoms with Crippen LogP contribution in [0.25, 0.3) is 0 Å². The van der Waals surface area contributed by atoms with Crippen LogP contribution in [0.4, 0.5) is 0 Å². The van der Waals surface area contributed by atoms with Gasteiger partial charge in [0.05, 0.1) is 31.3 Å². The van der Waals surface area contributed by atoms with Gasteiger partial charge in [0, 0.05) is 12.6 Å². The van der Waals surface area contributed by atoms with Gasteiger partial charge < -0.3 is 14.1 Å². The highest BCUT2D eigenvalue weighted by molar-refractivity contribution is 7.88. The van der Waals surface area contributed by atoms with E-state index in [1.165, 1.54) is 6.26 Å². The lowest BCUT2D eigenvalue weighted by atomic mass is 9.80. The van der Waals surface area contributed by atoms with Crippen LogP contribution < -0.4 is 4.72 Å². The monoisotopic (exact) mass is 426 g/mol. The molecule has 0 aromatic carbocycles. The number of sulfonamides is 1. The highest BCUT2D eigenvalue weighted by atomic mass is 32.2. The zero-order chi connectivity index (χ0) is 21.0. The topological polar surface area (TPSA) is 88.9 Å². The Morgan fingerprint density at radius 1 is 1.28 bits per heavy atom. The summed E-state index contributed by atoms with van der Waals surface area (Å²) in [6.07, 6.45) is 8.58. The van der Waals surface area contributed by atoms with Crippen molar-refractivity contribution < 1.29 is 22.4 Å². The summed E-state index contributed by atoms with van der Waals surface area (Å²) in [7, 11) is -3.39. The molecule has 3 rings (SSSR count). The summed E-state index contributed by atoms with van der Waals surface area (Å²) < 4.78 is 38.0. The Balaban J connectivity index is 1.68. The third-order valence-electron chi connectivity index (χ3n) is 6.30. The zero-order valence-corrected chi connectivity index (χ0v) is 18.5. The van der Waals surface area contributed by atoms with Crippen LogP contribution in [0.3, 0.4) is 0 Å². The van der Waals surface area contributed by atoms with Crippen molar-refractivity contribution in [3.63, 3.8) is 0 Å². The van der Waals surface area contributed by atoms with Gasteiger partial charge in [0.2, 0.25) is 10.0 Å². The van der Waals surface area contributed by atoms with Crippen LogP contribution in [0.1, 0.15) is 62.9 Å². The average Bonchev–Trinajstić information content (AvgIpc) is 3.20. The lowest BCUT2D eigenvalue weighted by Crippen LogP contribution is -2.59. The van der Waals surface area contributed by atoms with Crippen molar-refractivity contribution in [2.24, 2.45) is 11.8 Å². The minimum atomic E-state index is -3.39. The third-order valence-corrected chi connectivity index (χ3v) is 7.03. The first-order valence-electron chi connectivity index (χ1n) is 10.7. The molecule has 0 bridgehead atoms. The molecule has 1 saturated carbocycles. The van der Waals surface area contributed by atoms with Crippen molar-refractivity contribution in [1.29, 1.82) is 0 Å². The van der Waals surface area contributed by atoms with E-state index in [4.69, 9.17) is 9.15 Å². The maximum atomic E-state index is 13.0. The molecule has 2 heterocycles. The summed E-state index contributed by atoms with van der Waals surface area (Å²) >= 11 is 0. The number of carbonyl (C=O) groups is 1. The van der Waals surface area contributed by atoms with Gasteiger partial charge in [0.1, 0.15) is 0 Å². The predicted octanol–water partition coefficient (Wildman–Crippen LogP) is 3.03. The SMILES string of the molecule is CC(C)[C@H]1CC[C@@H](OC[C@H]2[C@@H](NS(C)(=O)=O)CCCN2C(=O)c2ccco2)CC1. The second-order valence-corrected chi connectivity index (χ2v) is 10.6. The summed E-state index contributed by atoms with van der Waals surface area (Å²) in [5, 5.41) is 0. The molecule has 164 valence electrons. The van der Waals surface area contributed by atoms with Gasteiger partial charge in [0.25, 0.3) is 5.91 Å². The summed E-state index contributed by atoms with van der Waals surface area (Å²) in [5.41, 5.74) is 0. The molecular weight excluding hydrogens is 392 g/mol. The minimum absolute atomic E-state index is 0.173. The fourth-order valence-electron chi connectivity index (χ4n) is 4.63. The molecule has 1 aromatic rings. The van der Waals surface area contributed by atoms with Crippen molar-refractivity contribution >= 4 is 15.9 Å². The van der Waals surface area contributed by atoms with Gasteiger partial charge in [0.15, 0.2) is 5.76 Å². The second-order valence-electron chi connectivity index (χ2n) is 8.80. The third kappa shape index (κ3) is 6.06. The first-order chi connectivity index (χ1) is 13.7. The second kappa shape index (κ2) is 9.62. The molecule has 1 aromatic heterocycles. The minimum Gasteiger partial charge on any atom is -0.459 e. The van der Waals surface area contributed by atoms with Crippen LogP contribution in [-0.2, 0) is 14.8 Å². The molecule has 1 aliphatic heterocycles. The molecule has 1 saturated heterocycles. The van der Waals surface area contributed by atoms with Crippen LogP contribution in [0.15, 0.2) is 22.8 Å². The Bertz CT molecular complexity index is 754. The van der Waals surface area contributed by atoms with Gasteiger partial charge in [-0.05, 0) is 62.5 Å². The van der Waals surface area contributed by atoms with Crippen LogP contribution >= 0.6 is 0 Å². The van der Waals surface area contributed by atoms with Crippen molar-refractivity contribution in [3.05, 3.63) is 24.2 Å². The van der Waals surface area contributed by atoms with Crippen LogP contribution in [0.2, 0.25) is 0 Å². The fraction of sp³-hybridized carbons (Fsp3) is 0.762. The van der Waals surface area contributed by atoms with Crippen molar-refractivity contribution in [3.8, 4) is 0 Å². The molecule has 0 radical (unpaired) electrons. The molecule has 29 heavy (non-hydrogen) atoms. The molecule has 1 N–H and O–H groups in total. The standard InChI is InChI=1S/C21H34N2O5S/c1-15(2)16-8-10-17(11-9-16)28-14-19-18(22-29(3,25)26)6-4-12-23(19)21(24)20-7-5-13-27-20/h5,7,13,15-19,22H,4,6,8-12,14H2,1-3H3/t16-,17+,18-,19-/m0/s1. The summed E-state index contributed by atoms with van der Waals surface area (Å²) in [6, 6.07) is 2.62. The number of carbonyl (C=O) groups excluding carboxylic acids is 1. The number of rotatable bonds is 7. The van der Waals surface area contributed by atoms with Gasteiger partial charge in [-0.15, -0.1) is 0 Å². The molecule has 0 unspecified atom stereocenters. The number of likely N-dealkylation sites (tertiary alicyclic amines) is 1. The summed E-state index contributed by atoms with van der Waals surface area (Å²) in [4.78, 5) is 14.7. The van der Waals surface area contributed by atoms with Crippen molar-refractivity contribution in [2.75, 3.05) is 19.4 Å². The van der Waals surface area contributed by atoms with E-state index < -0.39 is 10.0 Å². The number of ether oxygens (including phenoxy) is 1. The van der Waals surface area contributed by atoms with Gasteiger partial charge in [-0.3, -0.25) is 4.79 Å². The van der Waals surface area contributed by atoms with Gasteiger partial charge >= 0.3 is 0 Å². The Morgan fingerprint density at radius 2 is 2.00 bits per heavy atom. The molecule has 2 atom stereocenters.